The van der Waals surface area contributed by atoms with Gasteiger partial charge in [-0.1, -0.05) is 26.0 Å². The first-order valence-corrected chi connectivity index (χ1v) is 9.65. The van der Waals surface area contributed by atoms with Gasteiger partial charge in [0.25, 0.3) is 5.91 Å². The largest absolute Gasteiger partial charge is 0.337 e. The SMILES string of the molecule is Cc1ncccc1C(=O)N1CCCN(Cc2ccc(F)cc2)C(C(C)C)C1. The number of benzene rings is 1. The molecular formula is C22H28FN3O. The van der Waals surface area contributed by atoms with E-state index in [2.05, 4.69) is 23.7 Å². The van der Waals surface area contributed by atoms with Crippen molar-refractivity contribution in [2.24, 2.45) is 5.92 Å². The molecular weight excluding hydrogens is 341 g/mol. The lowest BCUT2D eigenvalue weighted by atomic mass is 10.0. The molecule has 4 nitrogen and oxygen atoms in total. The van der Waals surface area contributed by atoms with Crippen LogP contribution in [0, 0.1) is 18.7 Å². The van der Waals surface area contributed by atoms with Gasteiger partial charge in [-0.3, -0.25) is 14.7 Å². The summed E-state index contributed by atoms with van der Waals surface area (Å²) in [4.78, 5) is 21.7. The molecule has 1 aliphatic rings. The average Bonchev–Trinajstić information content (AvgIpc) is 2.86. The smallest absolute Gasteiger partial charge is 0.255 e. The van der Waals surface area contributed by atoms with Gasteiger partial charge >= 0.3 is 0 Å². The maximum atomic E-state index is 13.2. The third-order valence-electron chi connectivity index (χ3n) is 5.34. The van der Waals surface area contributed by atoms with E-state index in [1.54, 1.807) is 6.20 Å². The second kappa shape index (κ2) is 8.61. The lowest BCUT2D eigenvalue weighted by Crippen LogP contribution is -2.45. The number of pyridine rings is 1. The van der Waals surface area contributed by atoms with E-state index in [0.717, 1.165) is 37.3 Å². The first-order valence-electron chi connectivity index (χ1n) is 9.65. The fraction of sp³-hybridized carbons (Fsp3) is 0.455. The predicted molar refractivity (Wildman–Crippen MR) is 105 cm³/mol. The van der Waals surface area contributed by atoms with Crippen LogP contribution in [0.3, 0.4) is 0 Å². The highest BCUT2D eigenvalue weighted by atomic mass is 19.1. The summed E-state index contributed by atoms with van der Waals surface area (Å²) in [6.45, 7) is 9.43. The van der Waals surface area contributed by atoms with Crippen molar-refractivity contribution in [2.75, 3.05) is 19.6 Å². The van der Waals surface area contributed by atoms with Crippen molar-refractivity contribution in [3.63, 3.8) is 0 Å². The Bertz CT molecular complexity index is 775. The Labute approximate surface area is 161 Å². The summed E-state index contributed by atoms with van der Waals surface area (Å²) in [6.07, 6.45) is 2.64. The van der Waals surface area contributed by atoms with Crippen molar-refractivity contribution in [2.45, 2.75) is 39.8 Å². The number of hydrogen-bond donors (Lipinski definition) is 0. The van der Waals surface area contributed by atoms with E-state index >= 15 is 0 Å². The zero-order valence-corrected chi connectivity index (χ0v) is 16.4. The first kappa shape index (κ1) is 19.5. The normalized spacial score (nSPS) is 18.6. The number of hydrogen-bond acceptors (Lipinski definition) is 3. The van der Waals surface area contributed by atoms with Gasteiger partial charge < -0.3 is 4.90 Å². The van der Waals surface area contributed by atoms with Gasteiger partial charge in [-0.15, -0.1) is 0 Å². The van der Waals surface area contributed by atoms with Crippen LogP contribution in [0.15, 0.2) is 42.6 Å². The molecule has 1 aromatic carbocycles. The Morgan fingerprint density at radius 3 is 2.63 bits per heavy atom. The average molecular weight is 369 g/mol. The predicted octanol–water partition coefficient (Wildman–Crippen LogP) is 3.90. The highest BCUT2D eigenvalue weighted by Gasteiger charge is 2.30. The van der Waals surface area contributed by atoms with Crippen LogP contribution >= 0.6 is 0 Å². The molecule has 0 N–H and O–H groups in total. The number of halogens is 1. The number of aryl methyl sites for hydroxylation is 1. The molecule has 1 fully saturated rings. The lowest BCUT2D eigenvalue weighted by molar-refractivity contribution is 0.0701. The van der Waals surface area contributed by atoms with Crippen molar-refractivity contribution >= 4 is 5.91 Å². The number of nitrogens with zero attached hydrogens (tertiary/aromatic N) is 3. The standard InChI is InChI=1S/C22H28FN3O/c1-16(2)21-15-26(22(27)20-6-4-11-24-17(20)3)13-5-12-25(21)14-18-7-9-19(23)10-8-18/h4,6-11,16,21H,5,12-15H2,1-3H3. The first-order chi connectivity index (χ1) is 13.0. The minimum atomic E-state index is -0.210. The molecule has 2 aromatic rings. The van der Waals surface area contributed by atoms with Crippen molar-refractivity contribution < 1.29 is 9.18 Å². The van der Waals surface area contributed by atoms with Crippen molar-refractivity contribution in [3.05, 3.63) is 65.2 Å². The van der Waals surface area contributed by atoms with E-state index in [1.165, 1.54) is 12.1 Å². The van der Waals surface area contributed by atoms with Crippen LogP contribution < -0.4 is 0 Å². The van der Waals surface area contributed by atoms with Crippen LogP contribution in [-0.4, -0.2) is 46.4 Å². The van der Waals surface area contributed by atoms with E-state index in [0.29, 0.717) is 18.0 Å². The Hall–Kier alpha value is -2.27. The van der Waals surface area contributed by atoms with Gasteiger partial charge in [0, 0.05) is 44.1 Å². The maximum absolute atomic E-state index is 13.2. The molecule has 3 rings (SSSR count). The molecule has 5 heteroatoms. The molecule has 0 saturated carbocycles. The van der Waals surface area contributed by atoms with Crippen LogP contribution in [0.5, 0.6) is 0 Å². The Kier molecular flexibility index (Phi) is 6.22. The summed E-state index contributed by atoms with van der Waals surface area (Å²) in [5, 5.41) is 0. The molecule has 1 aliphatic heterocycles. The van der Waals surface area contributed by atoms with Crippen molar-refractivity contribution in [3.8, 4) is 0 Å². The molecule has 1 saturated heterocycles. The zero-order chi connectivity index (χ0) is 19.4. The quantitative estimate of drug-likeness (QED) is 0.820. The van der Waals surface area contributed by atoms with Crippen LogP contribution in [0.25, 0.3) is 0 Å². The summed E-state index contributed by atoms with van der Waals surface area (Å²) >= 11 is 0. The number of amides is 1. The topological polar surface area (TPSA) is 36.4 Å². The fourth-order valence-corrected chi connectivity index (χ4v) is 3.78. The van der Waals surface area contributed by atoms with E-state index in [1.807, 2.05) is 36.1 Å². The third-order valence-corrected chi connectivity index (χ3v) is 5.34. The molecule has 27 heavy (non-hydrogen) atoms. The van der Waals surface area contributed by atoms with E-state index < -0.39 is 0 Å². The summed E-state index contributed by atoms with van der Waals surface area (Å²) in [5.74, 6) is 0.266. The maximum Gasteiger partial charge on any atom is 0.255 e. The Morgan fingerprint density at radius 1 is 1.22 bits per heavy atom. The monoisotopic (exact) mass is 369 g/mol. The van der Waals surface area contributed by atoms with E-state index in [-0.39, 0.29) is 17.8 Å². The summed E-state index contributed by atoms with van der Waals surface area (Å²) < 4.78 is 13.2. The Morgan fingerprint density at radius 2 is 1.96 bits per heavy atom. The number of rotatable bonds is 4. The molecule has 0 radical (unpaired) electrons. The van der Waals surface area contributed by atoms with Crippen LogP contribution in [-0.2, 0) is 6.54 Å². The number of carbonyl (C=O) groups excluding carboxylic acids is 1. The van der Waals surface area contributed by atoms with Gasteiger partial charge in [0.2, 0.25) is 0 Å². The van der Waals surface area contributed by atoms with Crippen LogP contribution in [0.4, 0.5) is 4.39 Å². The lowest BCUT2D eigenvalue weighted by Gasteiger charge is -2.34. The summed E-state index contributed by atoms with van der Waals surface area (Å²) in [7, 11) is 0. The molecule has 1 amide bonds. The highest BCUT2D eigenvalue weighted by molar-refractivity contribution is 5.95. The molecule has 0 bridgehead atoms. The highest BCUT2D eigenvalue weighted by Crippen LogP contribution is 2.22. The molecule has 0 spiro atoms. The Balaban J connectivity index is 1.77. The fourth-order valence-electron chi connectivity index (χ4n) is 3.78. The van der Waals surface area contributed by atoms with Gasteiger partial charge in [-0.05, 0) is 49.1 Å². The summed E-state index contributed by atoms with van der Waals surface area (Å²) in [5.41, 5.74) is 2.56. The molecule has 1 unspecified atom stereocenters. The van der Waals surface area contributed by atoms with E-state index in [4.69, 9.17) is 0 Å². The van der Waals surface area contributed by atoms with Crippen LogP contribution in [0.2, 0.25) is 0 Å². The third kappa shape index (κ3) is 4.72. The minimum absolute atomic E-state index is 0.0647. The second-order valence-electron chi connectivity index (χ2n) is 7.65. The van der Waals surface area contributed by atoms with Gasteiger partial charge in [-0.2, -0.15) is 0 Å². The van der Waals surface area contributed by atoms with Gasteiger partial charge in [0.1, 0.15) is 5.82 Å². The van der Waals surface area contributed by atoms with Gasteiger partial charge in [0.05, 0.1) is 5.56 Å². The minimum Gasteiger partial charge on any atom is -0.337 e. The molecule has 2 heterocycles. The summed E-state index contributed by atoms with van der Waals surface area (Å²) in [6, 6.07) is 10.7. The molecule has 0 aliphatic carbocycles. The van der Waals surface area contributed by atoms with Crippen molar-refractivity contribution in [1.29, 1.82) is 0 Å². The number of aromatic nitrogens is 1. The van der Waals surface area contributed by atoms with Crippen molar-refractivity contribution in [1.82, 2.24) is 14.8 Å². The van der Waals surface area contributed by atoms with Gasteiger partial charge in [-0.25, -0.2) is 4.39 Å². The second-order valence-corrected chi connectivity index (χ2v) is 7.65. The van der Waals surface area contributed by atoms with Crippen LogP contribution in [0.1, 0.15) is 41.9 Å². The number of carbonyl (C=O) groups is 1. The molecule has 1 atom stereocenters. The molecule has 144 valence electrons. The molecule has 1 aromatic heterocycles. The van der Waals surface area contributed by atoms with Gasteiger partial charge in [0.15, 0.2) is 0 Å². The van der Waals surface area contributed by atoms with E-state index in [9.17, 15) is 9.18 Å². The zero-order valence-electron chi connectivity index (χ0n) is 16.4.